The maximum Gasteiger partial charge on any atom is 0.458 e. The smallest absolute Gasteiger partial charge is 0.264 e. The molecule has 0 saturated carbocycles. The van der Waals surface area contributed by atoms with E-state index in [2.05, 4.69) is 14.2 Å². The van der Waals surface area contributed by atoms with Gasteiger partial charge in [0.05, 0.1) is 0 Å². The minimum absolute atomic E-state index is 2.66. The lowest BCUT2D eigenvalue weighted by molar-refractivity contribution is -0.527. The largest absolute Gasteiger partial charge is 0.458 e. The molecule has 0 aliphatic carbocycles. The molecule has 16 heavy (non-hydrogen) atoms. The third-order valence-electron chi connectivity index (χ3n) is 1.85. The molecule has 0 bridgehead atoms. The Kier molecular flexibility index (Phi) is 1.79. The number of ether oxygens (including phenoxy) is 3. The Morgan fingerprint density at radius 1 is 0.688 bits per heavy atom. The number of epoxide rings is 1. The summed E-state index contributed by atoms with van der Waals surface area (Å²) in [6, 6.07) is -8.57. The van der Waals surface area contributed by atoms with Crippen molar-refractivity contribution >= 4 is 0 Å². The molecular weight excluding hydrogens is 260 g/mol. The quantitative estimate of drug-likeness (QED) is 0.493. The second-order valence-corrected chi connectivity index (χ2v) is 2.99. The van der Waals surface area contributed by atoms with Crippen LogP contribution < -0.4 is 0 Å². The highest BCUT2D eigenvalue weighted by molar-refractivity contribution is 5.00. The number of alkyl halides is 8. The SMILES string of the molecule is FC(F)(F)C1(F)OC2(F)OC2(F)OC1(F)F. The minimum atomic E-state index is -6.34. The maximum absolute atomic E-state index is 12.8. The van der Waals surface area contributed by atoms with Gasteiger partial charge in [0.2, 0.25) is 0 Å². The number of hydrogen-bond donors (Lipinski definition) is 0. The van der Waals surface area contributed by atoms with Crippen molar-refractivity contribution in [3.63, 3.8) is 0 Å². The van der Waals surface area contributed by atoms with Crippen molar-refractivity contribution < 1.29 is 49.3 Å². The van der Waals surface area contributed by atoms with Gasteiger partial charge in [-0.25, -0.2) is 9.47 Å². The molecule has 0 radical (unpaired) electrons. The lowest BCUT2D eigenvalue weighted by Gasteiger charge is -2.36. The van der Waals surface area contributed by atoms with E-state index in [0.717, 1.165) is 0 Å². The molecular formula is C5F8O3. The molecule has 3 unspecified atom stereocenters. The summed E-state index contributed by atoms with van der Waals surface area (Å²) >= 11 is 0. The zero-order valence-electron chi connectivity index (χ0n) is 6.75. The van der Waals surface area contributed by atoms with Crippen molar-refractivity contribution in [1.29, 1.82) is 0 Å². The van der Waals surface area contributed by atoms with E-state index in [4.69, 9.17) is 0 Å². The average Bonchev–Trinajstić information content (AvgIpc) is 2.47. The third-order valence-corrected chi connectivity index (χ3v) is 1.85. The first kappa shape index (κ1) is 11.8. The fourth-order valence-electron chi connectivity index (χ4n) is 1.00. The lowest BCUT2D eigenvalue weighted by Crippen LogP contribution is -2.64. The van der Waals surface area contributed by atoms with E-state index in [1.807, 2.05) is 0 Å². The van der Waals surface area contributed by atoms with Crippen molar-refractivity contribution in [2.24, 2.45) is 0 Å². The highest BCUT2D eigenvalue weighted by Gasteiger charge is 2.94. The van der Waals surface area contributed by atoms with E-state index in [0.29, 0.717) is 0 Å². The highest BCUT2D eigenvalue weighted by atomic mass is 19.4. The molecule has 3 atom stereocenters. The second kappa shape index (κ2) is 2.43. The number of rotatable bonds is 0. The molecule has 0 aromatic rings. The van der Waals surface area contributed by atoms with Crippen molar-refractivity contribution in [2.75, 3.05) is 0 Å². The van der Waals surface area contributed by atoms with E-state index in [-0.39, 0.29) is 0 Å². The monoisotopic (exact) mass is 260 g/mol. The third kappa shape index (κ3) is 1.13. The molecule has 2 saturated heterocycles. The van der Waals surface area contributed by atoms with Crippen LogP contribution in [0, 0.1) is 0 Å². The highest BCUT2D eigenvalue weighted by Crippen LogP contribution is 2.65. The van der Waals surface area contributed by atoms with Gasteiger partial charge in [0.1, 0.15) is 0 Å². The molecule has 94 valence electrons. The number of fused-ring (bicyclic) bond motifs is 1. The summed E-state index contributed by atoms with van der Waals surface area (Å²) in [4.78, 5) is 0. The van der Waals surface area contributed by atoms with Gasteiger partial charge in [-0.15, -0.1) is 0 Å². The van der Waals surface area contributed by atoms with Crippen LogP contribution in [0.5, 0.6) is 0 Å². The van der Waals surface area contributed by atoms with Gasteiger partial charge in [0, 0.05) is 0 Å². The molecule has 2 aliphatic rings. The van der Waals surface area contributed by atoms with Crippen LogP contribution in [0.15, 0.2) is 0 Å². The van der Waals surface area contributed by atoms with Crippen LogP contribution in [-0.2, 0) is 14.2 Å². The zero-order chi connectivity index (χ0) is 12.6. The van der Waals surface area contributed by atoms with Gasteiger partial charge in [-0.3, -0.25) is 4.74 Å². The first-order valence-electron chi connectivity index (χ1n) is 3.49. The first-order valence-corrected chi connectivity index (χ1v) is 3.49. The van der Waals surface area contributed by atoms with Crippen LogP contribution in [0.4, 0.5) is 35.1 Å². The minimum Gasteiger partial charge on any atom is -0.264 e. The Hall–Kier alpha value is -0.680. The molecule has 0 aromatic carbocycles. The van der Waals surface area contributed by atoms with Gasteiger partial charge in [-0.05, 0) is 0 Å². The summed E-state index contributed by atoms with van der Waals surface area (Å²) in [6.45, 7) is 0. The van der Waals surface area contributed by atoms with E-state index >= 15 is 0 Å². The molecule has 2 fully saturated rings. The van der Waals surface area contributed by atoms with Crippen molar-refractivity contribution in [3.8, 4) is 0 Å². The maximum atomic E-state index is 12.8. The fraction of sp³-hybridized carbons (Fsp3) is 1.00. The van der Waals surface area contributed by atoms with Crippen LogP contribution in [0.2, 0.25) is 0 Å². The predicted octanol–water partition coefficient (Wildman–Crippen LogP) is 2.13. The second-order valence-electron chi connectivity index (χ2n) is 2.99. The van der Waals surface area contributed by atoms with Gasteiger partial charge in [0.15, 0.2) is 0 Å². The normalized spacial score (nSPS) is 51.0. The fourth-order valence-corrected chi connectivity index (χ4v) is 1.00. The molecule has 2 rings (SSSR count). The van der Waals surface area contributed by atoms with Gasteiger partial charge < -0.3 is 0 Å². The van der Waals surface area contributed by atoms with Gasteiger partial charge >= 0.3 is 30.2 Å². The molecule has 0 N–H and O–H groups in total. The van der Waals surface area contributed by atoms with Crippen molar-refractivity contribution in [1.82, 2.24) is 0 Å². The molecule has 0 spiro atoms. The van der Waals surface area contributed by atoms with Gasteiger partial charge in [0.25, 0.3) is 0 Å². The van der Waals surface area contributed by atoms with E-state index in [9.17, 15) is 35.1 Å². The summed E-state index contributed by atoms with van der Waals surface area (Å²) in [7, 11) is 0. The first-order chi connectivity index (χ1) is 6.87. The van der Waals surface area contributed by atoms with E-state index < -0.39 is 30.2 Å². The molecule has 0 aromatic heterocycles. The van der Waals surface area contributed by atoms with E-state index in [1.54, 1.807) is 0 Å². The summed E-state index contributed by atoms with van der Waals surface area (Å²) in [5.41, 5.74) is 0. The van der Waals surface area contributed by atoms with Crippen LogP contribution >= 0.6 is 0 Å². The molecule has 3 nitrogen and oxygen atoms in total. The topological polar surface area (TPSA) is 31.0 Å². The van der Waals surface area contributed by atoms with Crippen LogP contribution in [0.3, 0.4) is 0 Å². The lowest BCUT2D eigenvalue weighted by atomic mass is 10.2. The average molecular weight is 260 g/mol. The Morgan fingerprint density at radius 2 is 1.12 bits per heavy atom. The predicted molar refractivity (Wildman–Crippen MR) is 25.8 cm³/mol. The Bertz CT molecular complexity index is 343. The molecule has 2 heterocycles. The van der Waals surface area contributed by atoms with Gasteiger partial charge in [-0.1, -0.05) is 0 Å². The summed E-state index contributed by atoms with van der Waals surface area (Å²) < 4.78 is 107. The molecule has 0 amide bonds. The van der Waals surface area contributed by atoms with Crippen LogP contribution in [0.1, 0.15) is 0 Å². The Labute approximate surface area is 80.9 Å². The van der Waals surface area contributed by atoms with Crippen LogP contribution in [-0.4, -0.2) is 30.2 Å². The standard InChI is InChI=1S/C5F8O3/c6-1(2(7,8)9)3(10,11)15-5(13)4(12,14-1)16-5. The van der Waals surface area contributed by atoms with Crippen molar-refractivity contribution in [2.45, 2.75) is 30.2 Å². The number of halogens is 8. The van der Waals surface area contributed by atoms with Gasteiger partial charge in [-0.2, -0.15) is 35.1 Å². The Balaban J connectivity index is 2.41. The number of hydrogen-bond acceptors (Lipinski definition) is 3. The summed E-state index contributed by atoms with van der Waals surface area (Å²) in [6.07, 6.45) is -12.1. The van der Waals surface area contributed by atoms with Crippen LogP contribution in [0.25, 0.3) is 0 Å². The molecule has 2 aliphatic heterocycles. The van der Waals surface area contributed by atoms with E-state index in [1.165, 1.54) is 0 Å². The zero-order valence-corrected chi connectivity index (χ0v) is 6.75. The van der Waals surface area contributed by atoms with Crippen molar-refractivity contribution in [3.05, 3.63) is 0 Å². The molecule has 11 heteroatoms. The summed E-state index contributed by atoms with van der Waals surface area (Å²) in [5.74, 6) is -5.83. The summed E-state index contributed by atoms with van der Waals surface area (Å²) in [5, 5.41) is 0. The Morgan fingerprint density at radius 3 is 1.56 bits per heavy atom.